The van der Waals surface area contributed by atoms with Gasteiger partial charge in [-0.15, -0.1) is 0 Å². The van der Waals surface area contributed by atoms with Crippen molar-refractivity contribution in [3.8, 4) is 0 Å². The highest BCUT2D eigenvalue weighted by atomic mass is 16.4. The number of ketones is 2. The van der Waals surface area contributed by atoms with Crippen molar-refractivity contribution in [2.75, 3.05) is 0 Å². The Morgan fingerprint density at radius 1 is 1.15 bits per heavy atom. The molecule has 13 heavy (non-hydrogen) atoms. The fourth-order valence-corrected chi connectivity index (χ4v) is 0.721. The first kappa shape index (κ1) is 11.8. The Hall–Kier alpha value is -1.19. The summed E-state index contributed by atoms with van der Waals surface area (Å²) in [7, 11) is 0. The average Bonchev–Trinajstić information content (AvgIpc) is 1.97. The molecule has 0 aromatic carbocycles. The van der Waals surface area contributed by atoms with Gasteiger partial charge in [0.2, 0.25) is 5.78 Å². The van der Waals surface area contributed by atoms with E-state index in [1.165, 1.54) is 0 Å². The highest BCUT2D eigenvalue weighted by Crippen LogP contribution is 2.20. The highest BCUT2D eigenvalue weighted by Gasteiger charge is 2.23. The number of Topliss-reactive ketones (excluding diaryl/α,β-unsaturated/α-hetero) is 2. The lowest BCUT2D eigenvalue weighted by atomic mass is 9.89. The minimum Gasteiger partial charge on any atom is -0.475 e. The van der Waals surface area contributed by atoms with Crippen molar-refractivity contribution in [3.05, 3.63) is 0 Å². The molecule has 1 N–H and O–H groups in total. The van der Waals surface area contributed by atoms with Gasteiger partial charge in [-0.3, -0.25) is 9.59 Å². The third-order valence-corrected chi connectivity index (χ3v) is 1.55. The fraction of sp³-hybridized carbons (Fsp3) is 0.667. The average molecular weight is 186 g/mol. The zero-order valence-electron chi connectivity index (χ0n) is 8.09. The Balaban J connectivity index is 4.04. The van der Waals surface area contributed by atoms with Crippen LogP contribution in [-0.4, -0.2) is 22.6 Å². The summed E-state index contributed by atoms with van der Waals surface area (Å²) in [5.41, 5.74) is -0.0611. The lowest BCUT2D eigenvalue weighted by Crippen LogP contribution is -2.24. The van der Waals surface area contributed by atoms with E-state index in [0.29, 0.717) is 6.42 Å². The van der Waals surface area contributed by atoms with Crippen molar-refractivity contribution in [3.63, 3.8) is 0 Å². The maximum absolute atomic E-state index is 10.9. The molecule has 4 nitrogen and oxygen atoms in total. The largest absolute Gasteiger partial charge is 0.475 e. The summed E-state index contributed by atoms with van der Waals surface area (Å²) in [6.45, 7) is 5.77. The van der Waals surface area contributed by atoms with Gasteiger partial charge in [-0.05, 0) is 11.8 Å². The molecule has 0 amide bonds. The van der Waals surface area contributed by atoms with Crippen molar-refractivity contribution < 1.29 is 19.5 Å². The molecule has 0 rings (SSSR count). The summed E-state index contributed by atoms with van der Waals surface area (Å²) in [5.74, 6) is -3.80. The smallest absolute Gasteiger partial charge is 0.380 e. The first-order valence-electron chi connectivity index (χ1n) is 4.04. The lowest BCUT2D eigenvalue weighted by Gasteiger charge is -2.16. The SMILES string of the molecule is CC(C)(C)CCC(=O)C(=O)C(=O)O. The second kappa shape index (κ2) is 4.16. The molecule has 74 valence electrons. The quantitative estimate of drug-likeness (QED) is 0.526. The van der Waals surface area contributed by atoms with Crippen LogP contribution in [0.4, 0.5) is 0 Å². The molecule has 4 heteroatoms. The van der Waals surface area contributed by atoms with Crippen LogP contribution in [0.15, 0.2) is 0 Å². The number of carbonyl (C=O) groups is 3. The van der Waals surface area contributed by atoms with Crippen LogP contribution < -0.4 is 0 Å². The van der Waals surface area contributed by atoms with E-state index in [1.807, 2.05) is 20.8 Å². The maximum atomic E-state index is 10.9. The van der Waals surface area contributed by atoms with Crippen LogP contribution in [0, 0.1) is 5.41 Å². The van der Waals surface area contributed by atoms with Gasteiger partial charge in [0.05, 0.1) is 0 Å². The van der Waals surface area contributed by atoms with Gasteiger partial charge in [-0.1, -0.05) is 20.8 Å². The van der Waals surface area contributed by atoms with Crippen LogP contribution in [0.1, 0.15) is 33.6 Å². The Morgan fingerprint density at radius 2 is 1.62 bits per heavy atom. The molecule has 0 spiro atoms. The lowest BCUT2D eigenvalue weighted by molar-refractivity contribution is -0.153. The predicted octanol–water partition coefficient (Wildman–Crippen LogP) is 1.04. The molecular weight excluding hydrogens is 172 g/mol. The molecule has 0 saturated heterocycles. The summed E-state index contributed by atoms with van der Waals surface area (Å²) in [4.78, 5) is 31.6. The second-order valence-electron chi connectivity index (χ2n) is 4.12. The van der Waals surface area contributed by atoms with Gasteiger partial charge < -0.3 is 5.11 Å². The summed E-state index contributed by atoms with van der Waals surface area (Å²) in [6, 6.07) is 0. The Labute approximate surface area is 76.9 Å². The summed E-state index contributed by atoms with van der Waals surface area (Å²) < 4.78 is 0. The van der Waals surface area contributed by atoms with Gasteiger partial charge in [0.25, 0.3) is 0 Å². The second-order valence-corrected chi connectivity index (χ2v) is 4.12. The third-order valence-electron chi connectivity index (χ3n) is 1.55. The van der Waals surface area contributed by atoms with E-state index in [-0.39, 0.29) is 11.8 Å². The van der Waals surface area contributed by atoms with Gasteiger partial charge in [0.15, 0.2) is 0 Å². The van der Waals surface area contributed by atoms with Crippen molar-refractivity contribution in [2.45, 2.75) is 33.6 Å². The summed E-state index contributed by atoms with van der Waals surface area (Å²) >= 11 is 0. The minimum absolute atomic E-state index is 0.00856. The topological polar surface area (TPSA) is 71.4 Å². The molecule has 0 fully saturated rings. The van der Waals surface area contributed by atoms with Gasteiger partial charge in [-0.25, -0.2) is 4.79 Å². The van der Waals surface area contributed by atoms with E-state index in [0.717, 1.165) is 0 Å². The molecule has 0 aromatic heterocycles. The van der Waals surface area contributed by atoms with Crippen molar-refractivity contribution in [1.29, 1.82) is 0 Å². The normalized spacial score (nSPS) is 11.0. The first-order chi connectivity index (χ1) is 5.74. The number of carboxylic acids is 1. The van der Waals surface area contributed by atoms with Crippen LogP contribution in [0.25, 0.3) is 0 Å². The zero-order valence-corrected chi connectivity index (χ0v) is 8.09. The standard InChI is InChI=1S/C9H14O4/c1-9(2,3)5-4-6(10)7(11)8(12)13/h4-5H2,1-3H3,(H,12,13). The van der Waals surface area contributed by atoms with E-state index < -0.39 is 17.5 Å². The molecule has 0 aliphatic carbocycles. The number of carbonyl (C=O) groups excluding carboxylic acids is 2. The summed E-state index contributed by atoms with van der Waals surface area (Å²) in [6.07, 6.45) is 0.527. The molecule has 0 unspecified atom stereocenters. The van der Waals surface area contributed by atoms with E-state index >= 15 is 0 Å². The van der Waals surface area contributed by atoms with E-state index in [2.05, 4.69) is 0 Å². The van der Waals surface area contributed by atoms with E-state index in [9.17, 15) is 14.4 Å². The van der Waals surface area contributed by atoms with Crippen LogP contribution in [0.3, 0.4) is 0 Å². The number of rotatable bonds is 4. The molecule has 0 radical (unpaired) electrons. The van der Waals surface area contributed by atoms with Crippen LogP contribution in [0.5, 0.6) is 0 Å². The first-order valence-corrected chi connectivity index (χ1v) is 4.04. The number of aliphatic carboxylic acids is 1. The van der Waals surface area contributed by atoms with Crippen molar-refractivity contribution >= 4 is 17.5 Å². The van der Waals surface area contributed by atoms with Gasteiger partial charge in [0.1, 0.15) is 0 Å². The Morgan fingerprint density at radius 3 is 1.92 bits per heavy atom. The number of hydrogen-bond donors (Lipinski definition) is 1. The van der Waals surface area contributed by atoms with Gasteiger partial charge in [0, 0.05) is 6.42 Å². The van der Waals surface area contributed by atoms with Crippen LogP contribution in [0.2, 0.25) is 0 Å². The predicted molar refractivity (Wildman–Crippen MR) is 46.3 cm³/mol. The third kappa shape index (κ3) is 5.11. The monoisotopic (exact) mass is 186 g/mol. The Kier molecular flexibility index (Phi) is 3.78. The molecule has 0 aliphatic heterocycles. The number of hydrogen-bond acceptors (Lipinski definition) is 3. The molecular formula is C9H14O4. The van der Waals surface area contributed by atoms with Gasteiger partial charge in [-0.2, -0.15) is 0 Å². The van der Waals surface area contributed by atoms with Crippen molar-refractivity contribution in [1.82, 2.24) is 0 Å². The maximum Gasteiger partial charge on any atom is 0.380 e. The molecule has 0 heterocycles. The molecule has 0 bridgehead atoms. The van der Waals surface area contributed by atoms with Crippen LogP contribution in [-0.2, 0) is 14.4 Å². The molecule has 0 aliphatic rings. The zero-order chi connectivity index (χ0) is 10.6. The molecule has 0 saturated carbocycles. The minimum atomic E-state index is -1.67. The van der Waals surface area contributed by atoms with Crippen molar-refractivity contribution in [2.24, 2.45) is 5.41 Å². The van der Waals surface area contributed by atoms with Gasteiger partial charge >= 0.3 is 11.8 Å². The molecule has 0 aromatic rings. The van der Waals surface area contributed by atoms with Crippen LogP contribution >= 0.6 is 0 Å². The highest BCUT2D eigenvalue weighted by molar-refractivity contribution is 6.61. The molecule has 0 atom stereocenters. The number of carboxylic acid groups (broad SMARTS) is 1. The van der Waals surface area contributed by atoms with E-state index in [1.54, 1.807) is 0 Å². The Bertz CT molecular complexity index is 234. The fourth-order valence-electron chi connectivity index (χ4n) is 0.721. The summed E-state index contributed by atoms with van der Waals surface area (Å²) in [5, 5.41) is 8.21. The van der Waals surface area contributed by atoms with E-state index in [4.69, 9.17) is 5.11 Å².